The van der Waals surface area contributed by atoms with Crippen molar-refractivity contribution in [2.24, 2.45) is 0 Å². The monoisotopic (exact) mass is 411 g/mol. The number of carbonyl (C=O) groups excluding carboxylic acids is 2. The molecule has 0 saturated carbocycles. The maximum Gasteiger partial charge on any atom is 0.338 e. The van der Waals surface area contributed by atoms with Crippen LogP contribution in [0, 0.1) is 0 Å². The van der Waals surface area contributed by atoms with Crippen molar-refractivity contribution >= 4 is 23.3 Å². The average molecular weight is 412 g/mol. The van der Waals surface area contributed by atoms with Gasteiger partial charge in [0.25, 0.3) is 0 Å². The fourth-order valence-electron chi connectivity index (χ4n) is 4.15. The van der Waals surface area contributed by atoms with Gasteiger partial charge in [-0.15, -0.1) is 0 Å². The van der Waals surface area contributed by atoms with Crippen LogP contribution >= 0.6 is 11.3 Å². The van der Waals surface area contributed by atoms with E-state index in [9.17, 15) is 9.59 Å². The Morgan fingerprint density at radius 2 is 2.07 bits per heavy atom. The van der Waals surface area contributed by atoms with Crippen molar-refractivity contribution in [1.82, 2.24) is 15.5 Å². The van der Waals surface area contributed by atoms with Gasteiger partial charge in [-0.2, -0.15) is 11.3 Å². The largest absolute Gasteiger partial charge is 0.463 e. The number of amides is 2. The topological polar surface area (TPSA) is 70.7 Å². The number of hydrogen-bond donors (Lipinski definition) is 2. The van der Waals surface area contributed by atoms with Gasteiger partial charge < -0.3 is 15.4 Å². The lowest BCUT2D eigenvalue weighted by molar-refractivity contribution is -0.139. The smallest absolute Gasteiger partial charge is 0.338 e. The lowest BCUT2D eigenvalue weighted by Crippen LogP contribution is -2.48. The number of thiophene rings is 1. The third-order valence-corrected chi connectivity index (χ3v) is 6.14. The minimum Gasteiger partial charge on any atom is -0.463 e. The van der Waals surface area contributed by atoms with Crippen molar-refractivity contribution in [3.05, 3.63) is 69.6 Å². The molecular weight excluding hydrogens is 386 g/mol. The minimum atomic E-state index is -0.527. The number of carbonyl (C=O) groups is 2. The van der Waals surface area contributed by atoms with Crippen LogP contribution in [0.25, 0.3) is 0 Å². The number of ether oxygens (including phenoxy) is 1. The molecule has 1 aromatic carbocycles. The van der Waals surface area contributed by atoms with E-state index >= 15 is 0 Å². The Bertz CT molecular complexity index is 895. The summed E-state index contributed by atoms with van der Waals surface area (Å²) in [5.41, 5.74) is 3.26. The molecule has 2 N–H and O–H groups in total. The zero-order chi connectivity index (χ0) is 20.2. The van der Waals surface area contributed by atoms with Crippen molar-refractivity contribution in [3.63, 3.8) is 0 Å². The van der Waals surface area contributed by atoms with Gasteiger partial charge in [-0.05, 0) is 54.3 Å². The maximum atomic E-state index is 12.9. The molecule has 152 valence electrons. The van der Waals surface area contributed by atoms with Crippen molar-refractivity contribution in [1.29, 1.82) is 0 Å². The molecule has 2 aliphatic heterocycles. The molecule has 2 aliphatic rings. The number of rotatable bonds is 6. The van der Waals surface area contributed by atoms with Gasteiger partial charge in [-0.3, -0.25) is 4.90 Å². The van der Waals surface area contributed by atoms with Gasteiger partial charge in [-0.25, -0.2) is 9.59 Å². The van der Waals surface area contributed by atoms with Crippen molar-refractivity contribution in [2.75, 3.05) is 19.7 Å². The lowest BCUT2D eigenvalue weighted by Gasteiger charge is -2.32. The molecule has 0 bridgehead atoms. The standard InChI is InChI=1S/C22H25N3O3S/c1-2-28-21(26)19-17(13-25-11-6-9-18(25)16-10-12-29-14-16)23-22(27)24-20(19)15-7-4-3-5-8-15/h3-5,7-8,10,12,14,18,20H,2,6,9,11,13H2,1H3,(H2,23,24,27). The molecule has 2 unspecified atom stereocenters. The molecular formula is C22H25N3O3S. The quantitative estimate of drug-likeness (QED) is 0.710. The Morgan fingerprint density at radius 1 is 1.24 bits per heavy atom. The summed E-state index contributed by atoms with van der Waals surface area (Å²) in [5, 5.41) is 10.0. The van der Waals surface area contributed by atoms with Gasteiger partial charge in [0.2, 0.25) is 0 Å². The van der Waals surface area contributed by atoms with Crippen molar-refractivity contribution in [2.45, 2.75) is 31.8 Å². The van der Waals surface area contributed by atoms with E-state index in [0.717, 1.165) is 24.9 Å². The van der Waals surface area contributed by atoms with E-state index in [0.29, 0.717) is 23.9 Å². The van der Waals surface area contributed by atoms with Crippen LogP contribution in [0.4, 0.5) is 4.79 Å². The zero-order valence-corrected chi connectivity index (χ0v) is 17.2. The third-order valence-electron chi connectivity index (χ3n) is 5.43. The minimum absolute atomic E-state index is 0.284. The van der Waals surface area contributed by atoms with Crippen LogP contribution in [-0.2, 0) is 9.53 Å². The summed E-state index contributed by atoms with van der Waals surface area (Å²) in [6, 6.07) is 11.2. The number of nitrogens with zero attached hydrogens (tertiary/aromatic N) is 1. The summed E-state index contributed by atoms with van der Waals surface area (Å²) in [7, 11) is 0. The summed E-state index contributed by atoms with van der Waals surface area (Å²) >= 11 is 1.69. The molecule has 0 radical (unpaired) electrons. The van der Waals surface area contributed by atoms with Gasteiger partial charge in [0.15, 0.2) is 0 Å². The second kappa shape index (κ2) is 8.80. The first-order chi connectivity index (χ1) is 14.2. The lowest BCUT2D eigenvalue weighted by atomic mass is 9.95. The first-order valence-electron chi connectivity index (χ1n) is 9.96. The highest BCUT2D eigenvalue weighted by atomic mass is 32.1. The number of hydrogen-bond acceptors (Lipinski definition) is 5. The van der Waals surface area contributed by atoms with Crippen molar-refractivity contribution < 1.29 is 14.3 Å². The average Bonchev–Trinajstić information content (AvgIpc) is 3.40. The normalized spacial score (nSPS) is 22.3. The molecule has 2 atom stereocenters. The number of esters is 1. The molecule has 7 heteroatoms. The predicted molar refractivity (Wildman–Crippen MR) is 112 cm³/mol. The van der Waals surface area contributed by atoms with Crippen LogP contribution in [0.3, 0.4) is 0 Å². The Morgan fingerprint density at radius 3 is 2.79 bits per heavy atom. The summed E-state index contributed by atoms with van der Waals surface area (Å²) in [5.74, 6) is -0.393. The van der Waals surface area contributed by atoms with Crippen molar-refractivity contribution in [3.8, 4) is 0 Å². The summed E-state index contributed by atoms with van der Waals surface area (Å²) in [6.07, 6.45) is 2.17. The fraction of sp³-hybridized carbons (Fsp3) is 0.364. The molecule has 1 saturated heterocycles. The van der Waals surface area contributed by atoms with Crippen LogP contribution in [0.15, 0.2) is 58.4 Å². The molecule has 1 fully saturated rings. The SMILES string of the molecule is CCOC(=O)C1=C(CN2CCCC2c2ccsc2)NC(=O)NC1c1ccccc1. The Kier molecular flexibility index (Phi) is 5.97. The highest BCUT2D eigenvalue weighted by Crippen LogP contribution is 2.35. The zero-order valence-electron chi connectivity index (χ0n) is 16.4. The van der Waals surface area contributed by atoms with Gasteiger partial charge >= 0.3 is 12.0 Å². The molecule has 1 aromatic heterocycles. The second-order valence-corrected chi connectivity index (χ2v) is 8.02. The van der Waals surface area contributed by atoms with Crippen LogP contribution in [-0.4, -0.2) is 36.6 Å². The van der Waals surface area contributed by atoms with Crippen LogP contribution < -0.4 is 10.6 Å². The number of urea groups is 1. The highest BCUT2D eigenvalue weighted by molar-refractivity contribution is 7.07. The summed E-state index contributed by atoms with van der Waals surface area (Å²) in [4.78, 5) is 27.7. The van der Waals surface area contributed by atoms with E-state index in [-0.39, 0.29) is 12.6 Å². The van der Waals surface area contributed by atoms with Gasteiger partial charge in [0.05, 0.1) is 18.2 Å². The summed E-state index contributed by atoms with van der Waals surface area (Å²) in [6.45, 7) is 3.51. The Labute approximate surface area is 174 Å². The van der Waals surface area contributed by atoms with Gasteiger partial charge in [0.1, 0.15) is 0 Å². The van der Waals surface area contributed by atoms with Crippen LogP contribution in [0.5, 0.6) is 0 Å². The second-order valence-electron chi connectivity index (χ2n) is 7.24. The van der Waals surface area contributed by atoms with Gasteiger partial charge in [-0.1, -0.05) is 30.3 Å². The summed E-state index contributed by atoms with van der Waals surface area (Å²) < 4.78 is 5.36. The van der Waals surface area contributed by atoms with E-state index in [1.165, 1.54) is 5.56 Å². The molecule has 0 spiro atoms. The molecule has 29 heavy (non-hydrogen) atoms. The Balaban J connectivity index is 1.69. The number of benzene rings is 1. The van der Waals surface area contributed by atoms with Crippen LogP contribution in [0.2, 0.25) is 0 Å². The predicted octanol–water partition coefficient (Wildman–Crippen LogP) is 3.76. The van der Waals surface area contributed by atoms with Gasteiger partial charge in [0, 0.05) is 18.3 Å². The van der Waals surface area contributed by atoms with E-state index in [2.05, 4.69) is 32.4 Å². The van der Waals surface area contributed by atoms with E-state index in [1.807, 2.05) is 30.3 Å². The third kappa shape index (κ3) is 4.21. The fourth-order valence-corrected chi connectivity index (χ4v) is 4.86. The first-order valence-corrected chi connectivity index (χ1v) is 10.9. The van der Waals surface area contributed by atoms with E-state index < -0.39 is 12.0 Å². The number of likely N-dealkylation sites (tertiary alicyclic amines) is 1. The Hall–Kier alpha value is -2.64. The maximum absolute atomic E-state index is 12.9. The highest BCUT2D eigenvalue weighted by Gasteiger charge is 2.36. The van der Waals surface area contributed by atoms with E-state index in [4.69, 9.17) is 4.74 Å². The molecule has 6 nitrogen and oxygen atoms in total. The molecule has 0 aliphatic carbocycles. The number of nitrogens with one attached hydrogen (secondary N) is 2. The first kappa shape index (κ1) is 19.7. The molecule has 2 aromatic rings. The molecule has 4 rings (SSSR count). The molecule has 3 heterocycles. The van der Waals surface area contributed by atoms with E-state index in [1.54, 1.807) is 18.3 Å². The van der Waals surface area contributed by atoms with Crippen LogP contribution in [0.1, 0.15) is 43.0 Å². The molecule has 2 amide bonds.